The Morgan fingerprint density at radius 1 is 1.16 bits per heavy atom. The second kappa shape index (κ2) is 6.34. The van der Waals surface area contributed by atoms with Crippen LogP contribution in [0.4, 0.5) is 0 Å². The third-order valence-corrected chi connectivity index (χ3v) is 3.41. The third-order valence-electron chi connectivity index (χ3n) is 3.41. The number of nitrogens with zero attached hydrogens (tertiary/aromatic N) is 2. The number of hydrogen-bond acceptors (Lipinski definition) is 4. The van der Waals surface area contributed by atoms with Gasteiger partial charge in [-0.05, 0) is 5.41 Å². The number of amides is 2. The molecule has 0 aliphatic carbocycles. The van der Waals surface area contributed by atoms with Gasteiger partial charge in [-0.15, -0.1) is 0 Å². The van der Waals surface area contributed by atoms with Crippen LogP contribution in [0.25, 0.3) is 0 Å². The summed E-state index contributed by atoms with van der Waals surface area (Å²) >= 11 is 0. The summed E-state index contributed by atoms with van der Waals surface area (Å²) in [6, 6.07) is -0.506. The first-order chi connectivity index (χ1) is 8.77. The Labute approximate surface area is 114 Å². The lowest BCUT2D eigenvalue weighted by molar-refractivity contribution is -0.143. The first-order valence-corrected chi connectivity index (χ1v) is 6.58. The van der Waals surface area contributed by atoms with Gasteiger partial charge in [-0.1, -0.05) is 20.8 Å². The zero-order valence-corrected chi connectivity index (χ0v) is 12.3. The van der Waals surface area contributed by atoms with Crippen LogP contribution in [0.15, 0.2) is 0 Å². The minimum absolute atomic E-state index is 0.0327. The average Bonchev–Trinajstić information content (AvgIpc) is 2.36. The van der Waals surface area contributed by atoms with Crippen LogP contribution >= 0.6 is 0 Å². The van der Waals surface area contributed by atoms with E-state index in [0.29, 0.717) is 26.2 Å². The first kappa shape index (κ1) is 15.9. The predicted molar refractivity (Wildman–Crippen MR) is 72.5 cm³/mol. The summed E-state index contributed by atoms with van der Waals surface area (Å²) in [5.41, 5.74) is 5.73. The van der Waals surface area contributed by atoms with Gasteiger partial charge in [0.25, 0.3) is 0 Å². The predicted octanol–water partition coefficient (Wildman–Crippen LogP) is -0.323. The number of carbonyl (C=O) groups excluding carboxylic acids is 2. The number of nitrogens with two attached hydrogens (primary N) is 1. The number of ether oxygens (including phenoxy) is 1. The van der Waals surface area contributed by atoms with Gasteiger partial charge in [0.15, 0.2) is 0 Å². The fourth-order valence-corrected chi connectivity index (χ4v) is 1.96. The van der Waals surface area contributed by atoms with Crippen LogP contribution in [0.2, 0.25) is 0 Å². The van der Waals surface area contributed by atoms with Gasteiger partial charge in [0, 0.05) is 33.3 Å². The molecule has 0 radical (unpaired) electrons. The highest BCUT2D eigenvalue weighted by molar-refractivity contribution is 5.83. The molecule has 6 heteroatoms. The normalized spacial score (nSPS) is 18.4. The van der Waals surface area contributed by atoms with Crippen molar-refractivity contribution in [3.63, 3.8) is 0 Å². The molecule has 2 amide bonds. The summed E-state index contributed by atoms with van der Waals surface area (Å²) in [6.45, 7) is 8.12. The molecule has 19 heavy (non-hydrogen) atoms. The number of methoxy groups -OCH3 is 1. The van der Waals surface area contributed by atoms with Crippen molar-refractivity contribution in [3.8, 4) is 0 Å². The van der Waals surface area contributed by atoms with Gasteiger partial charge in [-0.3, -0.25) is 9.59 Å². The average molecular weight is 271 g/mol. The highest BCUT2D eigenvalue weighted by Gasteiger charge is 2.33. The molecule has 1 saturated heterocycles. The van der Waals surface area contributed by atoms with Crippen LogP contribution in [0.1, 0.15) is 20.8 Å². The number of rotatable bonds is 3. The van der Waals surface area contributed by atoms with Crippen molar-refractivity contribution >= 4 is 11.8 Å². The maximum atomic E-state index is 12.2. The van der Waals surface area contributed by atoms with E-state index in [4.69, 9.17) is 10.5 Å². The van der Waals surface area contributed by atoms with Crippen molar-refractivity contribution in [2.24, 2.45) is 11.1 Å². The third kappa shape index (κ3) is 4.18. The summed E-state index contributed by atoms with van der Waals surface area (Å²) in [5, 5.41) is 0. The highest BCUT2D eigenvalue weighted by atomic mass is 16.5. The Kier molecular flexibility index (Phi) is 5.31. The van der Waals surface area contributed by atoms with Gasteiger partial charge in [0.05, 0.1) is 6.04 Å². The molecule has 0 saturated carbocycles. The maximum absolute atomic E-state index is 12.2. The summed E-state index contributed by atoms with van der Waals surface area (Å²) in [5.74, 6) is -0.0685. The molecular formula is C13H25N3O3. The van der Waals surface area contributed by atoms with Gasteiger partial charge in [0.1, 0.15) is 6.61 Å². The standard InChI is InChI=1S/C13H25N3O3/c1-13(2,3)11(14)12(18)16-7-5-15(6-8-16)10(17)9-19-4/h11H,5-9,14H2,1-4H3/t11-/m1/s1. The molecule has 0 aromatic heterocycles. The highest BCUT2D eigenvalue weighted by Crippen LogP contribution is 2.19. The molecular weight excluding hydrogens is 246 g/mol. The molecule has 1 fully saturated rings. The molecule has 0 unspecified atom stereocenters. The zero-order chi connectivity index (χ0) is 14.6. The Bertz CT molecular complexity index is 331. The monoisotopic (exact) mass is 271 g/mol. The molecule has 6 nitrogen and oxygen atoms in total. The van der Waals surface area contributed by atoms with Crippen LogP contribution in [0.3, 0.4) is 0 Å². The van der Waals surface area contributed by atoms with E-state index >= 15 is 0 Å². The zero-order valence-electron chi connectivity index (χ0n) is 12.3. The van der Waals surface area contributed by atoms with E-state index in [1.165, 1.54) is 7.11 Å². The van der Waals surface area contributed by atoms with Crippen molar-refractivity contribution in [2.75, 3.05) is 39.9 Å². The molecule has 0 spiro atoms. The molecule has 1 aliphatic rings. The number of carbonyl (C=O) groups is 2. The second-order valence-electron chi connectivity index (χ2n) is 5.98. The molecule has 0 bridgehead atoms. The van der Waals surface area contributed by atoms with E-state index in [9.17, 15) is 9.59 Å². The van der Waals surface area contributed by atoms with Crippen molar-refractivity contribution in [2.45, 2.75) is 26.8 Å². The number of piperazine rings is 1. The first-order valence-electron chi connectivity index (χ1n) is 6.58. The number of hydrogen-bond donors (Lipinski definition) is 1. The smallest absolute Gasteiger partial charge is 0.248 e. The Hall–Kier alpha value is -1.14. The van der Waals surface area contributed by atoms with Gasteiger partial charge < -0.3 is 20.3 Å². The lowest BCUT2D eigenvalue weighted by Gasteiger charge is -2.38. The largest absolute Gasteiger partial charge is 0.375 e. The Morgan fingerprint density at radius 3 is 2.05 bits per heavy atom. The molecule has 2 N–H and O–H groups in total. The summed E-state index contributed by atoms with van der Waals surface area (Å²) in [6.07, 6.45) is 0. The van der Waals surface area contributed by atoms with E-state index in [0.717, 1.165) is 0 Å². The van der Waals surface area contributed by atoms with Crippen molar-refractivity contribution in [3.05, 3.63) is 0 Å². The fourth-order valence-electron chi connectivity index (χ4n) is 1.96. The molecule has 0 aromatic carbocycles. The summed E-state index contributed by atoms with van der Waals surface area (Å²) in [7, 11) is 1.50. The fraction of sp³-hybridized carbons (Fsp3) is 0.846. The van der Waals surface area contributed by atoms with Crippen LogP contribution < -0.4 is 5.73 Å². The van der Waals surface area contributed by atoms with Crippen LogP contribution in [-0.4, -0.2) is 67.6 Å². The van der Waals surface area contributed by atoms with Crippen LogP contribution in [0.5, 0.6) is 0 Å². The SMILES string of the molecule is COCC(=O)N1CCN(C(=O)[C@@H](N)C(C)(C)C)CC1. The van der Waals surface area contributed by atoms with Crippen molar-refractivity contribution in [1.82, 2.24) is 9.80 Å². The van der Waals surface area contributed by atoms with Crippen molar-refractivity contribution in [1.29, 1.82) is 0 Å². The minimum Gasteiger partial charge on any atom is -0.375 e. The van der Waals surface area contributed by atoms with Crippen LogP contribution in [-0.2, 0) is 14.3 Å². The van der Waals surface area contributed by atoms with Gasteiger partial charge in [-0.25, -0.2) is 0 Å². The maximum Gasteiger partial charge on any atom is 0.248 e. The van der Waals surface area contributed by atoms with E-state index in [1.54, 1.807) is 9.80 Å². The van der Waals surface area contributed by atoms with Crippen LogP contribution in [0, 0.1) is 5.41 Å². The summed E-state index contributed by atoms with van der Waals surface area (Å²) < 4.78 is 4.82. The Morgan fingerprint density at radius 2 is 1.63 bits per heavy atom. The lowest BCUT2D eigenvalue weighted by atomic mass is 9.86. The van der Waals surface area contributed by atoms with Gasteiger partial charge in [0.2, 0.25) is 11.8 Å². The van der Waals surface area contributed by atoms with Crippen molar-refractivity contribution < 1.29 is 14.3 Å². The van der Waals surface area contributed by atoms with Gasteiger partial charge >= 0.3 is 0 Å². The molecule has 0 aromatic rings. The van der Waals surface area contributed by atoms with Gasteiger partial charge in [-0.2, -0.15) is 0 Å². The molecule has 1 atom stereocenters. The topological polar surface area (TPSA) is 75.9 Å². The quantitative estimate of drug-likeness (QED) is 0.763. The lowest BCUT2D eigenvalue weighted by Crippen LogP contribution is -2.57. The molecule has 1 aliphatic heterocycles. The van der Waals surface area contributed by atoms with E-state index in [2.05, 4.69) is 0 Å². The van der Waals surface area contributed by atoms with E-state index in [1.807, 2.05) is 20.8 Å². The minimum atomic E-state index is -0.506. The summed E-state index contributed by atoms with van der Waals surface area (Å²) in [4.78, 5) is 27.3. The van der Waals surface area contributed by atoms with E-state index in [-0.39, 0.29) is 23.8 Å². The molecule has 1 rings (SSSR count). The molecule has 1 heterocycles. The Balaban J connectivity index is 2.50. The van der Waals surface area contributed by atoms with E-state index < -0.39 is 6.04 Å². The second-order valence-corrected chi connectivity index (χ2v) is 5.98. The molecule has 110 valence electrons.